The van der Waals surface area contributed by atoms with Crippen LogP contribution in [-0.2, 0) is 6.37 Å². The van der Waals surface area contributed by atoms with Gasteiger partial charge in [-0.3, -0.25) is 4.98 Å². The number of hydrogen-bond donors (Lipinski definition) is 0. The van der Waals surface area contributed by atoms with E-state index in [9.17, 15) is 0 Å². The van der Waals surface area contributed by atoms with Gasteiger partial charge < -0.3 is 4.42 Å². The molecule has 5 aromatic rings. The molecule has 2 aromatic heterocycles. The van der Waals surface area contributed by atoms with Crippen LogP contribution in [0.1, 0.15) is 34.6 Å². The maximum absolute atomic E-state index is 8.68. The predicted octanol–water partition coefficient (Wildman–Crippen LogP) is 7.90. The van der Waals surface area contributed by atoms with Crippen LogP contribution in [0.3, 0.4) is 0 Å². The van der Waals surface area contributed by atoms with Crippen molar-refractivity contribution in [2.75, 3.05) is 0 Å². The Labute approximate surface area is 185 Å². The number of benzene rings is 3. The zero-order valence-electron chi connectivity index (χ0n) is 23.1. The summed E-state index contributed by atoms with van der Waals surface area (Å²) in [6.07, 6.45) is -0.494. The summed E-state index contributed by atoms with van der Waals surface area (Å²) in [5, 5.41) is 1.95. The Kier molecular flexibility index (Phi) is 3.10. The van der Waals surface area contributed by atoms with Crippen LogP contribution in [0, 0.1) is 5.41 Å². The van der Waals surface area contributed by atoms with Crippen molar-refractivity contribution in [1.82, 2.24) is 4.98 Å². The second-order valence-electron chi connectivity index (χ2n) is 8.34. The van der Waals surface area contributed by atoms with Gasteiger partial charge in [-0.1, -0.05) is 75.3 Å². The highest BCUT2D eigenvalue weighted by molar-refractivity contribution is 6.09. The highest BCUT2D eigenvalue weighted by atomic mass is 16.3. The summed E-state index contributed by atoms with van der Waals surface area (Å²) < 4.78 is 57.8. The van der Waals surface area contributed by atoms with Gasteiger partial charge in [0.15, 0.2) is 0 Å². The normalized spacial score (nSPS) is 15.3. The molecule has 0 spiro atoms. The van der Waals surface area contributed by atoms with E-state index >= 15 is 0 Å². The lowest BCUT2D eigenvalue weighted by atomic mass is 9.87. The lowest BCUT2D eigenvalue weighted by molar-refractivity contribution is 0.411. The maximum Gasteiger partial charge on any atom is 0.144 e. The molecule has 0 aliphatic rings. The van der Waals surface area contributed by atoms with Crippen molar-refractivity contribution >= 4 is 21.9 Å². The first-order valence-electron chi connectivity index (χ1n) is 12.9. The molecule has 2 nitrogen and oxygen atoms in total. The smallest absolute Gasteiger partial charge is 0.144 e. The average molecular weight is 398 g/mol. The van der Waals surface area contributed by atoms with Crippen LogP contribution >= 0.6 is 0 Å². The third kappa shape index (κ3) is 3.50. The number of hydrogen-bond acceptors (Lipinski definition) is 2. The molecule has 148 valence electrons. The topological polar surface area (TPSA) is 26.0 Å². The molecule has 0 bridgehead atoms. The van der Waals surface area contributed by atoms with Crippen LogP contribution in [0.4, 0.5) is 0 Å². The molecule has 2 heteroatoms. The zero-order valence-corrected chi connectivity index (χ0v) is 17.1. The molecule has 0 saturated heterocycles. The number of para-hydroxylation sites is 2. The minimum atomic E-state index is -2.06. The Hall–Kier alpha value is -3.39. The summed E-state index contributed by atoms with van der Waals surface area (Å²) in [6, 6.07) is 15.6. The lowest BCUT2D eigenvalue weighted by Gasteiger charge is -2.18. The number of nitrogens with zero attached hydrogens (tertiary/aromatic N) is 1. The highest BCUT2D eigenvalue weighted by Gasteiger charge is 2.14. The second kappa shape index (κ2) is 7.14. The van der Waals surface area contributed by atoms with Crippen molar-refractivity contribution in [3.63, 3.8) is 0 Å². The van der Waals surface area contributed by atoms with Crippen LogP contribution in [-0.4, -0.2) is 4.98 Å². The SMILES string of the molecule is [2H]c1c([2H])c(C([2H])([2H])C(C)(C)C)c([2H])c([2H])c1-c1ccnc(-c2cccc3c2oc2ccccc23)c1. The molecule has 0 fully saturated rings. The fourth-order valence-corrected chi connectivity index (χ4v) is 3.58. The molecule has 0 amide bonds. The van der Waals surface area contributed by atoms with Gasteiger partial charge in [-0.15, -0.1) is 0 Å². The number of rotatable bonds is 3. The van der Waals surface area contributed by atoms with E-state index in [2.05, 4.69) is 4.98 Å². The zero-order chi connectivity index (χ0) is 26.0. The van der Waals surface area contributed by atoms with Crippen LogP contribution in [0.2, 0.25) is 0 Å². The van der Waals surface area contributed by atoms with Crippen molar-refractivity contribution in [3.8, 4) is 22.4 Å². The summed E-state index contributed by atoms with van der Waals surface area (Å²) in [4.78, 5) is 4.51. The Morgan fingerprint density at radius 1 is 0.900 bits per heavy atom. The minimum Gasteiger partial charge on any atom is -0.455 e. The first-order valence-corrected chi connectivity index (χ1v) is 9.91. The third-order valence-corrected chi connectivity index (χ3v) is 4.85. The van der Waals surface area contributed by atoms with Crippen LogP contribution in [0.25, 0.3) is 44.3 Å². The molecular formula is C28H25NO. The van der Waals surface area contributed by atoms with E-state index in [0.29, 0.717) is 16.8 Å². The Morgan fingerprint density at radius 3 is 2.47 bits per heavy atom. The standard InChI is InChI=1S/C28H25NO/c1-28(2,3)18-19-11-13-20(14-12-19)21-15-16-29-25(17-21)24-9-6-8-23-22-7-4-5-10-26(22)30-27(23)24/h4-17H,18H2,1-3H3/i11D,12D,13D,14D,18D2. The quantitative estimate of drug-likeness (QED) is 0.309. The van der Waals surface area contributed by atoms with E-state index in [1.165, 1.54) is 0 Å². The number of furan rings is 1. The molecule has 30 heavy (non-hydrogen) atoms. The van der Waals surface area contributed by atoms with Gasteiger partial charge in [0.25, 0.3) is 0 Å². The fourth-order valence-electron chi connectivity index (χ4n) is 3.58. The van der Waals surface area contributed by atoms with E-state index in [1.54, 1.807) is 39.1 Å². The van der Waals surface area contributed by atoms with E-state index in [1.807, 2.05) is 42.5 Å². The average Bonchev–Trinajstić information content (AvgIpc) is 3.21. The summed E-state index contributed by atoms with van der Waals surface area (Å²) in [7, 11) is 0. The van der Waals surface area contributed by atoms with Crippen molar-refractivity contribution < 1.29 is 12.6 Å². The lowest BCUT2D eigenvalue weighted by Crippen LogP contribution is -2.08. The summed E-state index contributed by atoms with van der Waals surface area (Å²) >= 11 is 0. The molecule has 0 atom stereocenters. The van der Waals surface area contributed by atoms with E-state index in [0.717, 1.165) is 21.9 Å². The molecule has 3 aromatic carbocycles. The van der Waals surface area contributed by atoms with Gasteiger partial charge in [0.2, 0.25) is 0 Å². The third-order valence-electron chi connectivity index (χ3n) is 4.85. The Morgan fingerprint density at radius 2 is 1.67 bits per heavy atom. The van der Waals surface area contributed by atoms with E-state index in [4.69, 9.17) is 12.6 Å². The molecule has 0 N–H and O–H groups in total. The molecule has 2 heterocycles. The van der Waals surface area contributed by atoms with Crippen molar-refractivity contribution in [3.05, 3.63) is 90.5 Å². The molecule has 0 unspecified atom stereocenters. The largest absolute Gasteiger partial charge is 0.455 e. The van der Waals surface area contributed by atoms with Gasteiger partial charge in [0.1, 0.15) is 11.2 Å². The Balaban J connectivity index is 1.71. The number of pyridine rings is 1. The Bertz CT molecular complexity index is 1620. The van der Waals surface area contributed by atoms with E-state index in [-0.39, 0.29) is 35.3 Å². The molecule has 0 aliphatic heterocycles. The fraction of sp³-hybridized carbons (Fsp3) is 0.179. The van der Waals surface area contributed by atoms with Crippen LogP contribution in [0.5, 0.6) is 0 Å². The highest BCUT2D eigenvalue weighted by Crippen LogP contribution is 2.36. The summed E-state index contributed by atoms with van der Waals surface area (Å²) in [6.45, 7) is 5.04. The second-order valence-corrected chi connectivity index (χ2v) is 8.34. The minimum absolute atomic E-state index is 0.110. The van der Waals surface area contributed by atoms with E-state index < -0.39 is 11.8 Å². The molecule has 0 aliphatic carbocycles. The molecular weight excluding hydrogens is 366 g/mol. The van der Waals surface area contributed by atoms with Crippen LogP contribution < -0.4 is 0 Å². The van der Waals surface area contributed by atoms with Crippen molar-refractivity contribution in [2.45, 2.75) is 27.1 Å². The van der Waals surface area contributed by atoms with Crippen molar-refractivity contribution in [1.29, 1.82) is 0 Å². The maximum atomic E-state index is 8.68. The van der Waals surface area contributed by atoms with Gasteiger partial charge in [-0.25, -0.2) is 0 Å². The summed E-state index contributed by atoms with van der Waals surface area (Å²) in [5.74, 6) is 0. The first kappa shape index (κ1) is 13.0. The van der Waals surface area contributed by atoms with Gasteiger partial charge in [0, 0.05) is 25.3 Å². The van der Waals surface area contributed by atoms with Gasteiger partial charge >= 0.3 is 0 Å². The number of fused-ring (bicyclic) bond motifs is 3. The van der Waals surface area contributed by atoms with Crippen LogP contribution in [0.15, 0.2) is 89.4 Å². The van der Waals surface area contributed by atoms with Crippen molar-refractivity contribution in [2.24, 2.45) is 5.41 Å². The number of aromatic nitrogens is 1. The van der Waals surface area contributed by atoms with Gasteiger partial charge in [-0.05, 0) is 52.7 Å². The van der Waals surface area contributed by atoms with Gasteiger partial charge in [0.05, 0.1) is 11.2 Å². The summed E-state index contributed by atoms with van der Waals surface area (Å²) in [5.41, 5.74) is 2.19. The first-order chi connectivity index (χ1) is 16.9. The monoisotopic (exact) mass is 397 g/mol. The molecule has 0 radical (unpaired) electrons. The predicted molar refractivity (Wildman–Crippen MR) is 126 cm³/mol. The van der Waals surface area contributed by atoms with Gasteiger partial charge in [-0.2, -0.15) is 0 Å². The molecule has 5 rings (SSSR count). The molecule has 0 saturated carbocycles.